The van der Waals surface area contributed by atoms with Crippen LogP contribution in [0.3, 0.4) is 0 Å². The van der Waals surface area contributed by atoms with Crippen LogP contribution in [0.1, 0.15) is 232 Å². The van der Waals surface area contributed by atoms with E-state index in [1.54, 1.807) is 11.8 Å². The molecule has 49 heavy (non-hydrogen) atoms. The minimum atomic E-state index is -3.01. The van der Waals surface area contributed by atoms with E-state index >= 15 is 0 Å². The second kappa shape index (κ2) is 36.1. The van der Waals surface area contributed by atoms with Crippen LogP contribution in [0.2, 0.25) is 0 Å². The van der Waals surface area contributed by atoms with E-state index in [4.69, 9.17) is 13.6 Å². The van der Waals surface area contributed by atoms with Crippen LogP contribution >= 0.6 is 19.7 Å². The molecule has 0 spiro atoms. The largest absolute Gasteiger partial charge is 0.506 e. The van der Waals surface area contributed by atoms with Crippen molar-refractivity contribution in [2.75, 3.05) is 24.3 Å². The lowest BCUT2D eigenvalue weighted by Gasteiger charge is -2.22. The number of hydrogen-bond acceptors (Lipinski definition) is 6. The molecule has 0 atom stereocenters. The minimum Gasteiger partial charge on any atom is -0.247 e. The van der Waals surface area contributed by atoms with E-state index in [9.17, 15) is 9.59 Å². The van der Waals surface area contributed by atoms with Gasteiger partial charge in [-0.05, 0) is 19.3 Å². The summed E-state index contributed by atoms with van der Waals surface area (Å²) in [7, 11) is -3.01. The molecule has 0 saturated carbocycles. The topological polar surface area (TPSA) is 61.8 Å². The second-order valence-electron chi connectivity index (χ2n) is 14.8. The van der Waals surface area contributed by atoms with Gasteiger partial charge in [-0.15, -0.1) is 0 Å². The monoisotopic (exact) mass is 730 g/mol. The summed E-state index contributed by atoms with van der Waals surface area (Å²) >= 11 is 1.61. The standard InChI is InChI=1S/C42H82O5PS/c1-3-5-7-9-11-13-15-17-19-21-23-25-27-29-31-33-37-45-48(46-41(43)35-39-49-40-36-42(44)47-48)38-34-32-30-28-26-24-22-20-18-16-14-12-10-8-6-4-2/h3-40H2,1-2H3/q+1. The summed E-state index contributed by atoms with van der Waals surface area (Å²) in [4.78, 5) is 25.4. The zero-order chi connectivity index (χ0) is 35.4. The van der Waals surface area contributed by atoms with Crippen molar-refractivity contribution in [3.63, 3.8) is 0 Å². The van der Waals surface area contributed by atoms with Crippen molar-refractivity contribution in [2.24, 2.45) is 0 Å². The fourth-order valence-electron chi connectivity index (χ4n) is 6.75. The molecule has 7 heteroatoms. The van der Waals surface area contributed by atoms with Crippen LogP contribution in [0.15, 0.2) is 0 Å². The maximum atomic E-state index is 12.7. The first kappa shape index (κ1) is 46.7. The van der Waals surface area contributed by atoms with Crippen LogP contribution < -0.4 is 0 Å². The molecule has 1 rings (SSSR count). The first-order valence-electron chi connectivity index (χ1n) is 21.7. The molecular weight excluding hydrogens is 647 g/mol. The Labute approximate surface area is 310 Å². The third-order valence-corrected chi connectivity index (χ3v) is 13.3. The minimum absolute atomic E-state index is 0.279. The normalized spacial score (nSPS) is 15.3. The van der Waals surface area contributed by atoms with Crippen LogP contribution in [0, 0.1) is 0 Å². The van der Waals surface area contributed by atoms with E-state index in [0.29, 0.717) is 37.1 Å². The second-order valence-corrected chi connectivity index (χ2v) is 18.3. The average molecular weight is 730 g/mol. The number of hydrogen-bond donors (Lipinski definition) is 0. The Morgan fingerprint density at radius 3 is 1.06 bits per heavy atom. The summed E-state index contributed by atoms with van der Waals surface area (Å²) < 4.78 is 18.2. The number of thioether (sulfide) groups is 1. The lowest BCUT2D eigenvalue weighted by atomic mass is 10.0. The molecular formula is C42H82O5PS+. The molecule has 0 aliphatic carbocycles. The van der Waals surface area contributed by atoms with Crippen molar-refractivity contribution in [1.29, 1.82) is 0 Å². The van der Waals surface area contributed by atoms with Crippen molar-refractivity contribution in [3.05, 3.63) is 0 Å². The van der Waals surface area contributed by atoms with E-state index in [0.717, 1.165) is 25.7 Å². The summed E-state index contributed by atoms with van der Waals surface area (Å²) in [5.74, 6) is 0.812. The summed E-state index contributed by atoms with van der Waals surface area (Å²) in [6.45, 7) is 5.07. The van der Waals surface area contributed by atoms with E-state index in [2.05, 4.69) is 13.8 Å². The Kier molecular flexibility index (Phi) is 34.4. The van der Waals surface area contributed by atoms with Crippen LogP contribution in [-0.4, -0.2) is 36.2 Å². The van der Waals surface area contributed by atoms with Gasteiger partial charge in [-0.25, -0.2) is 18.6 Å². The smallest absolute Gasteiger partial charge is 0.247 e. The Balaban J connectivity index is 2.21. The predicted molar refractivity (Wildman–Crippen MR) is 216 cm³/mol. The number of rotatable bonds is 35. The van der Waals surface area contributed by atoms with E-state index in [1.807, 2.05) is 0 Å². The fourth-order valence-corrected chi connectivity index (χ4v) is 9.85. The SMILES string of the molecule is CCCCCCCCCCCCCCCCCCO[P+]1(CCCCCCCCCCCCCCCCCC)OC(=O)CCSCCC(=O)O1. The molecule has 0 radical (unpaired) electrons. The number of unbranched alkanes of at least 4 members (excludes halogenated alkanes) is 30. The number of carbonyl (C=O) groups excluding carboxylic acids is 2. The van der Waals surface area contributed by atoms with E-state index in [1.165, 1.54) is 180 Å². The van der Waals surface area contributed by atoms with E-state index in [-0.39, 0.29) is 11.9 Å². The zero-order valence-electron chi connectivity index (χ0n) is 32.8. The lowest BCUT2D eigenvalue weighted by Crippen LogP contribution is -2.20. The first-order chi connectivity index (χ1) is 24.1. The molecule has 0 unspecified atom stereocenters. The fraction of sp³-hybridized carbons (Fsp3) is 0.952. The molecule has 1 fully saturated rings. The summed E-state index contributed by atoms with van der Waals surface area (Å²) in [6.07, 6.45) is 43.4. The molecule has 0 amide bonds. The van der Waals surface area contributed by atoms with Crippen LogP contribution in [0.5, 0.6) is 0 Å². The average Bonchev–Trinajstić information content (AvgIpc) is 3.09. The van der Waals surface area contributed by atoms with Gasteiger partial charge in [-0.3, -0.25) is 0 Å². The summed E-state index contributed by atoms with van der Waals surface area (Å²) in [5, 5.41) is 0. The highest BCUT2D eigenvalue weighted by Gasteiger charge is 2.51. The Morgan fingerprint density at radius 1 is 0.449 bits per heavy atom. The van der Waals surface area contributed by atoms with Gasteiger partial charge >= 0.3 is 19.9 Å². The Morgan fingerprint density at radius 2 is 0.735 bits per heavy atom. The molecule has 0 N–H and O–H groups in total. The predicted octanol–water partition coefficient (Wildman–Crippen LogP) is 14.9. The van der Waals surface area contributed by atoms with Crippen molar-refractivity contribution in [2.45, 2.75) is 232 Å². The van der Waals surface area contributed by atoms with Crippen LogP contribution in [0.25, 0.3) is 0 Å². The third kappa shape index (κ3) is 31.0. The van der Waals surface area contributed by atoms with Gasteiger partial charge in [0.1, 0.15) is 0 Å². The van der Waals surface area contributed by atoms with E-state index < -0.39 is 7.94 Å². The number of carbonyl (C=O) groups is 2. The molecule has 0 aromatic carbocycles. The third-order valence-electron chi connectivity index (χ3n) is 9.95. The molecule has 290 valence electrons. The van der Waals surface area contributed by atoms with Gasteiger partial charge < -0.3 is 0 Å². The molecule has 1 aliphatic rings. The van der Waals surface area contributed by atoms with Gasteiger partial charge in [-0.2, -0.15) is 16.3 Å². The van der Waals surface area contributed by atoms with Crippen LogP contribution in [-0.2, 0) is 23.2 Å². The molecule has 1 saturated heterocycles. The highest BCUT2D eigenvalue weighted by atomic mass is 32.2. The van der Waals surface area contributed by atoms with Gasteiger partial charge in [0.2, 0.25) is 0 Å². The molecule has 1 aliphatic heterocycles. The molecule has 1 heterocycles. The Hall–Kier alpha value is -0.320. The van der Waals surface area contributed by atoms with Crippen molar-refractivity contribution in [1.82, 2.24) is 0 Å². The summed E-state index contributed by atoms with van der Waals surface area (Å²) in [6, 6.07) is 0. The molecule has 0 bridgehead atoms. The van der Waals surface area contributed by atoms with Gasteiger partial charge in [0.25, 0.3) is 0 Å². The van der Waals surface area contributed by atoms with Gasteiger partial charge in [0.15, 0.2) is 6.16 Å². The Bertz CT molecular complexity index is 716. The maximum Gasteiger partial charge on any atom is 0.506 e. The van der Waals surface area contributed by atoms with Crippen LogP contribution in [0.4, 0.5) is 0 Å². The maximum absolute atomic E-state index is 12.7. The van der Waals surface area contributed by atoms with Gasteiger partial charge in [0, 0.05) is 11.5 Å². The molecule has 5 nitrogen and oxygen atoms in total. The first-order valence-corrected chi connectivity index (χ1v) is 24.6. The summed E-state index contributed by atoms with van der Waals surface area (Å²) in [5.41, 5.74) is 0. The molecule has 0 aromatic rings. The highest BCUT2D eigenvalue weighted by Crippen LogP contribution is 2.63. The quantitative estimate of drug-likeness (QED) is 0.0478. The van der Waals surface area contributed by atoms with Crippen molar-refractivity contribution in [3.8, 4) is 0 Å². The van der Waals surface area contributed by atoms with Gasteiger partial charge in [-0.1, -0.05) is 200 Å². The lowest BCUT2D eigenvalue weighted by molar-refractivity contribution is -0.140. The molecule has 0 aromatic heterocycles. The van der Waals surface area contributed by atoms with Crippen molar-refractivity contribution < 1.29 is 23.2 Å². The highest BCUT2D eigenvalue weighted by molar-refractivity contribution is 7.99. The van der Waals surface area contributed by atoms with Crippen molar-refractivity contribution >= 4 is 31.6 Å². The van der Waals surface area contributed by atoms with Gasteiger partial charge in [0.05, 0.1) is 19.4 Å². The zero-order valence-corrected chi connectivity index (χ0v) is 34.5.